The molecule has 4 heterocycles. The summed E-state index contributed by atoms with van der Waals surface area (Å²) in [7, 11) is 3.85. The van der Waals surface area contributed by atoms with Crippen LogP contribution in [0.3, 0.4) is 0 Å². The minimum Gasteiger partial charge on any atom is -0.490 e. The van der Waals surface area contributed by atoms with E-state index < -0.39 is 60.4 Å². The predicted octanol–water partition coefficient (Wildman–Crippen LogP) is 5.23. The molecule has 0 unspecified atom stereocenters. The number of aliphatic hydroxyl groups excluding tert-OH is 2. The molecule has 8 atom stereocenters. The first-order valence-electron chi connectivity index (χ1n) is 18.8. The van der Waals surface area contributed by atoms with Gasteiger partial charge in [-0.05, 0) is 78.8 Å². The lowest BCUT2D eigenvalue weighted by Gasteiger charge is -2.33. The van der Waals surface area contributed by atoms with Gasteiger partial charge in [0.15, 0.2) is 6.29 Å². The van der Waals surface area contributed by atoms with Gasteiger partial charge in [0.2, 0.25) is 5.91 Å². The van der Waals surface area contributed by atoms with Crippen molar-refractivity contribution in [3.63, 3.8) is 0 Å². The number of amides is 2. The molecule has 3 aromatic carbocycles. The molecule has 0 spiro atoms. The summed E-state index contributed by atoms with van der Waals surface area (Å²) in [5.41, 5.74) is 3.44. The van der Waals surface area contributed by atoms with Crippen molar-refractivity contribution in [3.05, 3.63) is 113 Å². The molecule has 7 rings (SSSR count). The molecule has 0 radical (unpaired) electrons. The number of fused-ring (bicyclic) bond motifs is 2. The van der Waals surface area contributed by atoms with Crippen molar-refractivity contribution in [1.29, 1.82) is 0 Å². The molecule has 14 heteroatoms. The summed E-state index contributed by atoms with van der Waals surface area (Å²) in [6, 6.07) is 20.9. The van der Waals surface area contributed by atoms with Crippen molar-refractivity contribution in [2.75, 3.05) is 38.8 Å². The number of aromatic nitrogens is 1. The lowest BCUT2D eigenvalue weighted by atomic mass is 9.87. The molecule has 4 aromatic rings. The fraction of sp³-hybridized carbons (Fsp3) is 0.405. The van der Waals surface area contributed by atoms with E-state index in [1.165, 1.54) is 6.07 Å². The van der Waals surface area contributed by atoms with E-state index in [0.29, 0.717) is 29.4 Å². The van der Waals surface area contributed by atoms with Gasteiger partial charge in [-0.25, -0.2) is 14.2 Å². The van der Waals surface area contributed by atoms with Crippen LogP contribution in [0.5, 0.6) is 5.75 Å². The number of carbonyl (C=O) groups is 2. The van der Waals surface area contributed by atoms with Crippen LogP contribution >= 0.6 is 11.6 Å². The average molecular weight is 789 g/mol. The van der Waals surface area contributed by atoms with E-state index in [2.05, 4.69) is 15.6 Å². The largest absolute Gasteiger partial charge is 0.490 e. The van der Waals surface area contributed by atoms with Gasteiger partial charge < -0.3 is 44.7 Å². The Morgan fingerprint density at radius 1 is 1.02 bits per heavy atom. The van der Waals surface area contributed by atoms with Gasteiger partial charge in [-0.2, -0.15) is 0 Å². The maximum atomic E-state index is 15.1. The maximum Gasteiger partial charge on any atom is 0.407 e. The van der Waals surface area contributed by atoms with E-state index in [0.717, 1.165) is 22.5 Å². The van der Waals surface area contributed by atoms with Crippen molar-refractivity contribution in [2.24, 2.45) is 11.8 Å². The Hall–Kier alpha value is -4.79. The van der Waals surface area contributed by atoms with Crippen LogP contribution in [0.15, 0.2) is 85.1 Å². The van der Waals surface area contributed by atoms with Crippen LogP contribution in [0.2, 0.25) is 5.02 Å². The fourth-order valence-electron chi connectivity index (χ4n) is 7.55. The monoisotopic (exact) mass is 788 g/mol. The Bertz CT molecular complexity index is 1990. The standard InChI is InChI=1S/C42H46ClFN4O8/c1-48(2)38-14-11-27(21-45-38)25-9-7-24(8-10-25)17-33(46-42(52)56-37-23-55-41-30(37)15-16-53-41)34(49)19-28(18-26-5-3-4-6-32(26)44)40(51)47-39-31-20-29(43)12-13-36(31)54-22-35(39)50/h3-14,20-21,28,30,33-35,37,39,41,49-50H,15-19,22-23H2,1-2H3,(H,46,52)(H,47,51)/t28-,30+,33+,34+,35-,37+,39+,41-/m1/s1. The number of hydrogen-bond acceptors (Lipinski definition) is 10. The number of nitrogens with one attached hydrogen (secondary N) is 2. The van der Waals surface area contributed by atoms with Crippen molar-refractivity contribution < 1.29 is 43.1 Å². The Morgan fingerprint density at radius 3 is 2.55 bits per heavy atom. The van der Waals surface area contributed by atoms with Crippen LogP contribution in [-0.2, 0) is 31.8 Å². The molecule has 296 valence electrons. The summed E-state index contributed by atoms with van der Waals surface area (Å²) in [5, 5.41) is 29.1. The first-order valence-corrected chi connectivity index (χ1v) is 19.2. The van der Waals surface area contributed by atoms with Gasteiger partial charge >= 0.3 is 6.09 Å². The van der Waals surface area contributed by atoms with Gasteiger partial charge in [-0.15, -0.1) is 0 Å². The number of carbonyl (C=O) groups excluding carboxylic acids is 2. The molecule has 3 aliphatic heterocycles. The molecule has 0 bridgehead atoms. The molecular weight excluding hydrogens is 743 g/mol. The number of hydrogen-bond donors (Lipinski definition) is 4. The lowest BCUT2D eigenvalue weighted by Crippen LogP contribution is -2.49. The number of nitrogens with zero attached hydrogens (tertiary/aromatic N) is 2. The van der Waals surface area contributed by atoms with Crippen molar-refractivity contribution >= 4 is 29.4 Å². The highest BCUT2D eigenvalue weighted by Crippen LogP contribution is 2.36. The zero-order chi connectivity index (χ0) is 39.3. The zero-order valence-electron chi connectivity index (χ0n) is 31.1. The SMILES string of the molecule is CN(C)c1ccc(-c2ccc(C[C@H](NC(=O)O[C@H]3CO[C@H]4OCC[C@H]43)[C@@H](O)C[C@@H](Cc3ccccc3F)C(=O)N[C@H]3c4cc(Cl)ccc4OC[C@H]3O)cc2)cn1. The van der Waals surface area contributed by atoms with E-state index in [1.807, 2.05) is 55.4 Å². The van der Waals surface area contributed by atoms with Crippen molar-refractivity contribution in [1.82, 2.24) is 15.6 Å². The number of pyridine rings is 1. The van der Waals surface area contributed by atoms with Crippen molar-refractivity contribution in [2.45, 2.75) is 62.4 Å². The second kappa shape index (κ2) is 17.6. The summed E-state index contributed by atoms with van der Waals surface area (Å²) >= 11 is 6.27. The van der Waals surface area contributed by atoms with Crippen LogP contribution in [0.4, 0.5) is 15.0 Å². The lowest BCUT2D eigenvalue weighted by molar-refractivity contribution is -0.128. The summed E-state index contributed by atoms with van der Waals surface area (Å²) in [6.07, 6.45) is -1.62. The maximum absolute atomic E-state index is 15.1. The average Bonchev–Trinajstić information content (AvgIpc) is 3.82. The van der Waals surface area contributed by atoms with Gasteiger partial charge in [0.25, 0.3) is 0 Å². The number of alkyl carbamates (subject to hydrolysis) is 1. The first kappa shape index (κ1) is 39.4. The molecule has 0 aliphatic carbocycles. The second-order valence-corrected chi connectivity index (χ2v) is 15.2. The summed E-state index contributed by atoms with van der Waals surface area (Å²) in [5.74, 6) is -0.804. The smallest absolute Gasteiger partial charge is 0.407 e. The van der Waals surface area contributed by atoms with Gasteiger partial charge in [-0.1, -0.05) is 54.1 Å². The summed E-state index contributed by atoms with van der Waals surface area (Å²) in [6.45, 7) is 0.642. The molecule has 1 aromatic heterocycles. The highest BCUT2D eigenvalue weighted by atomic mass is 35.5. The Kier molecular flexibility index (Phi) is 12.4. The number of aliphatic hydroxyl groups is 2. The Labute approximate surface area is 329 Å². The Morgan fingerprint density at radius 2 is 1.80 bits per heavy atom. The predicted molar refractivity (Wildman–Crippen MR) is 207 cm³/mol. The van der Waals surface area contributed by atoms with Crippen LogP contribution in [0, 0.1) is 17.7 Å². The van der Waals surface area contributed by atoms with Gasteiger partial charge in [0.05, 0.1) is 37.3 Å². The molecule has 2 saturated heterocycles. The molecule has 3 aliphatic rings. The molecule has 0 saturated carbocycles. The van der Waals surface area contributed by atoms with E-state index in [9.17, 15) is 19.8 Å². The van der Waals surface area contributed by atoms with Crippen LogP contribution < -0.4 is 20.3 Å². The van der Waals surface area contributed by atoms with Gasteiger partial charge in [-0.3, -0.25) is 4.79 Å². The fourth-order valence-corrected chi connectivity index (χ4v) is 7.73. The van der Waals surface area contributed by atoms with E-state index in [-0.39, 0.29) is 44.0 Å². The number of anilines is 1. The Balaban J connectivity index is 1.12. The molecule has 12 nitrogen and oxygen atoms in total. The second-order valence-electron chi connectivity index (χ2n) is 14.8. The normalized spacial score (nSPS) is 22.9. The zero-order valence-corrected chi connectivity index (χ0v) is 31.9. The minimum absolute atomic E-state index is 0.0632. The highest BCUT2D eigenvalue weighted by Gasteiger charge is 2.44. The van der Waals surface area contributed by atoms with Gasteiger partial charge in [0.1, 0.15) is 36.2 Å². The molecular formula is C42H46ClFN4O8. The number of rotatable bonds is 13. The van der Waals surface area contributed by atoms with Crippen molar-refractivity contribution in [3.8, 4) is 16.9 Å². The van der Waals surface area contributed by atoms with E-state index in [1.54, 1.807) is 42.6 Å². The minimum atomic E-state index is -1.30. The van der Waals surface area contributed by atoms with E-state index >= 15 is 4.39 Å². The highest BCUT2D eigenvalue weighted by molar-refractivity contribution is 6.30. The van der Waals surface area contributed by atoms with Crippen LogP contribution in [0.25, 0.3) is 11.1 Å². The molecule has 56 heavy (non-hydrogen) atoms. The number of benzene rings is 3. The summed E-state index contributed by atoms with van der Waals surface area (Å²) < 4.78 is 37.8. The first-order chi connectivity index (χ1) is 27.0. The van der Waals surface area contributed by atoms with Crippen LogP contribution in [0.1, 0.15) is 35.6 Å². The topological polar surface area (TPSA) is 152 Å². The molecule has 2 fully saturated rings. The third-order valence-corrected chi connectivity index (χ3v) is 10.9. The number of halogens is 2. The quantitative estimate of drug-likeness (QED) is 0.142. The van der Waals surface area contributed by atoms with Gasteiger partial charge in [0, 0.05) is 42.4 Å². The third-order valence-electron chi connectivity index (χ3n) is 10.7. The number of ether oxygens (including phenoxy) is 4. The molecule has 4 N–H and O–H groups in total. The van der Waals surface area contributed by atoms with Crippen LogP contribution in [-0.4, -0.2) is 91.8 Å². The summed E-state index contributed by atoms with van der Waals surface area (Å²) in [4.78, 5) is 34.1. The molecule has 2 amide bonds. The third kappa shape index (κ3) is 9.25. The van der Waals surface area contributed by atoms with E-state index in [4.69, 9.17) is 30.5 Å².